The average Bonchev–Trinajstić information content (AvgIpc) is 1.88. The summed E-state index contributed by atoms with van der Waals surface area (Å²) in [6, 6.07) is 0. The Kier molecular flexibility index (Phi) is 2.92. The molecule has 0 saturated carbocycles. The van der Waals surface area contributed by atoms with E-state index in [-0.39, 0.29) is 12.5 Å². The Balaban J connectivity index is 2.43. The second-order valence-electron chi connectivity index (χ2n) is 2.14. The van der Waals surface area contributed by atoms with Gasteiger partial charge in [-0.2, -0.15) is 0 Å². The Morgan fingerprint density at radius 1 is 1.80 bits per heavy atom. The minimum Gasteiger partial charge on any atom is -0.366 e. The summed E-state index contributed by atoms with van der Waals surface area (Å²) in [5.74, 6) is 0. The third kappa shape index (κ3) is 1.83. The maximum Gasteiger partial charge on any atom is 0.218 e. The molecular weight excluding hydrogens is 154 g/mol. The van der Waals surface area contributed by atoms with E-state index < -0.39 is 14.3 Å². The van der Waals surface area contributed by atoms with E-state index in [9.17, 15) is 4.57 Å². The van der Waals surface area contributed by atoms with Crippen molar-refractivity contribution in [3.63, 3.8) is 0 Å². The molecule has 0 bridgehead atoms. The van der Waals surface area contributed by atoms with Gasteiger partial charge in [0.2, 0.25) is 8.03 Å². The average molecular weight is 164 g/mol. The molecule has 10 heavy (non-hydrogen) atoms. The first kappa shape index (κ1) is 8.27. The van der Waals surface area contributed by atoms with Crippen LogP contribution in [0, 0.1) is 0 Å². The zero-order chi connectivity index (χ0) is 7.56. The van der Waals surface area contributed by atoms with Gasteiger partial charge in [0, 0.05) is 0 Å². The fourth-order valence-corrected chi connectivity index (χ4v) is 1.66. The lowest BCUT2D eigenvalue weighted by Gasteiger charge is -2.26. The van der Waals surface area contributed by atoms with E-state index in [2.05, 4.69) is 4.52 Å². The highest BCUT2D eigenvalue weighted by atomic mass is 31.1. The lowest BCUT2D eigenvalue weighted by Crippen LogP contribution is -2.33. The molecule has 1 fully saturated rings. The molecule has 1 rings (SSSR count). The van der Waals surface area contributed by atoms with Crippen LogP contribution in [-0.4, -0.2) is 31.7 Å². The molecular formula is C4H10BO4P. The molecule has 0 aliphatic carbocycles. The lowest BCUT2D eigenvalue weighted by atomic mass is 9.99. The molecule has 0 radical (unpaired) electrons. The molecule has 0 aromatic rings. The van der Waals surface area contributed by atoms with Crippen LogP contribution in [0.5, 0.6) is 0 Å². The van der Waals surface area contributed by atoms with E-state index in [0.717, 1.165) is 0 Å². The zero-order valence-corrected chi connectivity index (χ0v) is 6.74. The van der Waals surface area contributed by atoms with Crippen LogP contribution < -0.4 is 0 Å². The van der Waals surface area contributed by atoms with E-state index in [0.29, 0.717) is 6.32 Å². The molecule has 0 aromatic carbocycles. The summed E-state index contributed by atoms with van der Waals surface area (Å²) in [5, 5.41) is 9.02. The molecule has 1 aliphatic rings. The molecule has 1 heterocycles. The summed E-state index contributed by atoms with van der Waals surface area (Å²) >= 11 is 0. The summed E-state index contributed by atoms with van der Waals surface area (Å²) in [7, 11) is -0.232. The van der Waals surface area contributed by atoms with Gasteiger partial charge < -0.3 is 9.84 Å². The number of hydrogen-bond acceptors (Lipinski definition) is 4. The largest absolute Gasteiger partial charge is 0.366 e. The Morgan fingerprint density at radius 2 is 2.50 bits per heavy atom. The van der Waals surface area contributed by atoms with E-state index >= 15 is 0 Å². The number of aliphatic hydroxyl groups is 1. The molecule has 2 unspecified atom stereocenters. The van der Waals surface area contributed by atoms with Crippen molar-refractivity contribution in [3.8, 4) is 0 Å². The second kappa shape index (κ2) is 3.53. The summed E-state index contributed by atoms with van der Waals surface area (Å²) < 4.78 is 20.3. The molecule has 0 amide bonds. The highest BCUT2D eigenvalue weighted by Gasteiger charge is 2.26. The van der Waals surface area contributed by atoms with Crippen molar-refractivity contribution in [3.05, 3.63) is 0 Å². The van der Waals surface area contributed by atoms with Gasteiger partial charge in [0.1, 0.15) is 20.3 Å². The molecule has 1 N–H and O–H groups in total. The van der Waals surface area contributed by atoms with Crippen LogP contribution in [-0.2, 0) is 13.8 Å². The Bertz CT molecular complexity index is 141. The molecule has 3 atom stereocenters. The highest BCUT2D eigenvalue weighted by molar-refractivity contribution is 7.38. The zero-order valence-electron chi connectivity index (χ0n) is 5.74. The first-order valence-electron chi connectivity index (χ1n) is 3.23. The van der Waals surface area contributed by atoms with Crippen LogP contribution in [0.15, 0.2) is 0 Å². The fourth-order valence-electron chi connectivity index (χ4n) is 0.821. The molecule has 1 saturated heterocycles. The number of aliphatic hydroxyl groups excluding tert-OH is 1. The topological polar surface area (TPSA) is 55.8 Å². The second-order valence-corrected chi connectivity index (χ2v) is 3.41. The first-order chi connectivity index (χ1) is 4.74. The van der Waals surface area contributed by atoms with Crippen LogP contribution >= 0.6 is 8.03 Å². The SMILES string of the molecule is BC[C@@H]1OC[PH](=O)OC1O. The van der Waals surface area contributed by atoms with Gasteiger partial charge in [0.05, 0.1) is 0 Å². The number of hydrogen-bond donors (Lipinski definition) is 1. The van der Waals surface area contributed by atoms with Crippen molar-refractivity contribution in [2.45, 2.75) is 18.7 Å². The monoisotopic (exact) mass is 164 g/mol. The van der Waals surface area contributed by atoms with Gasteiger partial charge in [-0.15, -0.1) is 0 Å². The van der Waals surface area contributed by atoms with Gasteiger partial charge in [-0.05, 0) is 0 Å². The Morgan fingerprint density at radius 3 is 3.00 bits per heavy atom. The van der Waals surface area contributed by atoms with Crippen molar-refractivity contribution in [2.75, 3.05) is 6.35 Å². The van der Waals surface area contributed by atoms with Gasteiger partial charge in [0.15, 0.2) is 6.29 Å². The first-order valence-corrected chi connectivity index (χ1v) is 4.75. The van der Waals surface area contributed by atoms with Crippen molar-refractivity contribution in [2.24, 2.45) is 0 Å². The summed E-state index contributed by atoms with van der Waals surface area (Å²) in [6.45, 7) is 0. The molecule has 58 valence electrons. The predicted octanol–water partition coefficient (Wildman–Crippen LogP) is -0.796. The molecule has 4 nitrogen and oxygen atoms in total. The van der Waals surface area contributed by atoms with Crippen LogP contribution in [0.1, 0.15) is 0 Å². The smallest absolute Gasteiger partial charge is 0.218 e. The van der Waals surface area contributed by atoms with Crippen LogP contribution in [0.4, 0.5) is 0 Å². The number of ether oxygens (including phenoxy) is 1. The van der Waals surface area contributed by atoms with Gasteiger partial charge in [-0.25, -0.2) is 0 Å². The lowest BCUT2D eigenvalue weighted by molar-refractivity contribution is -0.131. The van der Waals surface area contributed by atoms with E-state index in [1.807, 2.05) is 7.85 Å². The van der Waals surface area contributed by atoms with Gasteiger partial charge in [0.25, 0.3) is 0 Å². The van der Waals surface area contributed by atoms with E-state index in [1.54, 1.807) is 0 Å². The summed E-state index contributed by atoms with van der Waals surface area (Å²) in [5.41, 5.74) is 0. The molecule has 1 aliphatic heterocycles. The van der Waals surface area contributed by atoms with Crippen LogP contribution in [0.25, 0.3) is 0 Å². The van der Waals surface area contributed by atoms with Crippen molar-refractivity contribution in [1.82, 2.24) is 0 Å². The highest BCUT2D eigenvalue weighted by Crippen LogP contribution is 2.31. The van der Waals surface area contributed by atoms with Gasteiger partial charge >= 0.3 is 0 Å². The maximum atomic E-state index is 10.6. The van der Waals surface area contributed by atoms with E-state index in [4.69, 9.17) is 9.84 Å². The van der Waals surface area contributed by atoms with E-state index in [1.165, 1.54) is 0 Å². The number of rotatable bonds is 1. The fraction of sp³-hybridized carbons (Fsp3) is 1.00. The summed E-state index contributed by atoms with van der Waals surface area (Å²) in [4.78, 5) is 0. The van der Waals surface area contributed by atoms with Crippen molar-refractivity contribution in [1.29, 1.82) is 0 Å². The summed E-state index contributed by atoms with van der Waals surface area (Å²) in [6.07, 6.45) is -0.482. The van der Waals surface area contributed by atoms with Gasteiger partial charge in [-0.3, -0.25) is 9.09 Å². The van der Waals surface area contributed by atoms with Crippen LogP contribution in [0.2, 0.25) is 6.32 Å². The standard InChI is InChI=1S/C4H10BO4P/c5-1-3-4(6)9-10(7)2-8-3/h3-4,6,10H,1-2,5H2/t3-,4?/m0/s1. The quantitative estimate of drug-likeness (QED) is 0.407. The Labute approximate surface area is 60.8 Å². The molecule has 0 spiro atoms. The van der Waals surface area contributed by atoms with Crippen molar-refractivity contribution < 1.29 is 18.9 Å². The van der Waals surface area contributed by atoms with Crippen molar-refractivity contribution >= 4 is 15.9 Å². The molecule has 6 heteroatoms. The maximum absolute atomic E-state index is 10.6. The van der Waals surface area contributed by atoms with Crippen LogP contribution in [0.3, 0.4) is 0 Å². The normalized spacial score (nSPS) is 41.5. The van der Waals surface area contributed by atoms with Gasteiger partial charge in [-0.1, -0.05) is 6.32 Å². The minimum absolute atomic E-state index is 0.139. The molecule has 0 aromatic heterocycles. The third-order valence-corrected chi connectivity index (χ3v) is 2.29. The Hall–Kier alpha value is 0.175. The third-order valence-electron chi connectivity index (χ3n) is 1.39. The minimum atomic E-state index is -2.11. The predicted molar refractivity (Wildman–Crippen MR) is 39.2 cm³/mol.